The summed E-state index contributed by atoms with van der Waals surface area (Å²) in [6.07, 6.45) is 8.08. The molecule has 2 saturated heterocycles. The van der Waals surface area contributed by atoms with Crippen LogP contribution in [0.15, 0.2) is 104 Å². The van der Waals surface area contributed by atoms with Crippen LogP contribution in [0.25, 0.3) is 22.5 Å². The summed E-state index contributed by atoms with van der Waals surface area (Å²) in [4.78, 5) is 71.5. The van der Waals surface area contributed by atoms with Crippen LogP contribution in [0.4, 0.5) is 4.79 Å². The lowest BCUT2D eigenvalue weighted by atomic mass is 10.0. The molecule has 306 valence electrons. The Labute approximate surface area is 347 Å². The number of likely N-dealkylation sites (tertiary alicyclic amines) is 2. The molecular formula is C46H46N8O6. The summed E-state index contributed by atoms with van der Waals surface area (Å²) in [6, 6.07) is 22.5. The predicted molar refractivity (Wildman–Crippen MR) is 222 cm³/mol. The number of carbonyl (C=O) groups excluding carboxylic acids is 4. The third-order valence-electron chi connectivity index (χ3n) is 11.4. The van der Waals surface area contributed by atoms with Gasteiger partial charge >= 0.3 is 6.09 Å². The Hall–Kier alpha value is -6.98. The van der Waals surface area contributed by atoms with Crippen LogP contribution in [-0.4, -0.2) is 90.5 Å². The third kappa shape index (κ3) is 8.43. The number of benzene rings is 3. The van der Waals surface area contributed by atoms with E-state index in [1.54, 1.807) is 22.2 Å². The standard InChI is InChI=1S/C46H46N8O6/c1-3-34(51-45(58)60-2)42(55)53-25-7-11-37(53)40-47-27-35(49-40)31-19-15-29(16-20-31)13-14-30-17-21-32(22-18-30)36-28-48-41(50-36)38-12-8-26-54(38)43(56)39(33-9-5-4-6-10-33)52-44(57)46(59)23-24-46/h3-6,9-10,15-22,27-28,34,37-39,59H,1,7-8,11-12,23-26H2,2H3,(H,47,49)(H,48,50)(H,51,58)(H,52,57)/t34-,37+,38+,39-/m1/s1. The minimum atomic E-state index is -1.40. The Balaban J connectivity index is 0.896. The van der Waals surface area contributed by atoms with Crippen molar-refractivity contribution in [3.63, 3.8) is 0 Å². The number of hydrogen-bond acceptors (Lipinski definition) is 8. The number of hydrogen-bond donors (Lipinski definition) is 5. The number of nitrogens with one attached hydrogen (secondary N) is 4. The number of amides is 4. The number of imidazole rings is 2. The van der Waals surface area contributed by atoms with E-state index in [4.69, 9.17) is 0 Å². The van der Waals surface area contributed by atoms with Gasteiger partial charge in [-0.25, -0.2) is 14.8 Å². The van der Waals surface area contributed by atoms with Gasteiger partial charge in [-0.3, -0.25) is 14.4 Å². The molecule has 1 aliphatic carbocycles. The fraction of sp³-hybridized carbons (Fsp3) is 0.304. The first kappa shape index (κ1) is 39.8. The van der Waals surface area contributed by atoms with E-state index in [9.17, 15) is 24.3 Å². The van der Waals surface area contributed by atoms with Crippen molar-refractivity contribution in [2.75, 3.05) is 20.2 Å². The summed E-state index contributed by atoms with van der Waals surface area (Å²) < 4.78 is 4.65. The van der Waals surface area contributed by atoms with Crippen molar-refractivity contribution in [2.24, 2.45) is 0 Å². The number of aromatic amines is 2. The second-order valence-corrected chi connectivity index (χ2v) is 15.3. The van der Waals surface area contributed by atoms with Gasteiger partial charge in [0.05, 0.1) is 43.0 Å². The van der Waals surface area contributed by atoms with Crippen molar-refractivity contribution in [2.45, 2.75) is 68.3 Å². The number of nitrogens with zero attached hydrogens (tertiary/aromatic N) is 4. The molecule has 14 nitrogen and oxygen atoms in total. The summed E-state index contributed by atoms with van der Waals surface area (Å²) in [5, 5.41) is 15.8. The first-order chi connectivity index (χ1) is 29.1. The quantitative estimate of drug-likeness (QED) is 0.0858. The zero-order valence-corrected chi connectivity index (χ0v) is 33.2. The maximum absolute atomic E-state index is 14.0. The highest BCUT2D eigenvalue weighted by Crippen LogP contribution is 2.38. The van der Waals surface area contributed by atoms with Crippen LogP contribution in [0, 0.1) is 11.8 Å². The number of H-pyrrole nitrogens is 2. The number of alkyl carbamates (subject to hydrolysis) is 1. The smallest absolute Gasteiger partial charge is 0.407 e. The number of ether oxygens (including phenoxy) is 1. The Morgan fingerprint density at radius 3 is 1.80 bits per heavy atom. The van der Waals surface area contributed by atoms with E-state index in [1.165, 1.54) is 13.2 Å². The molecule has 3 fully saturated rings. The topological polar surface area (TPSA) is 186 Å². The van der Waals surface area contributed by atoms with Crippen LogP contribution in [0.3, 0.4) is 0 Å². The summed E-state index contributed by atoms with van der Waals surface area (Å²) in [7, 11) is 1.25. The number of aliphatic hydroxyl groups is 1. The van der Waals surface area contributed by atoms with Crippen molar-refractivity contribution < 1.29 is 29.0 Å². The lowest BCUT2D eigenvalue weighted by Crippen LogP contribution is -2.47. The zero-order valence-electron chi connectivity index (χ0n) is 33.2. The fourth-order valence-corrected chi connectivity index (χ4v) is 7.84. The molecule has 0 radical (unpaired) electrons. The van der Waals surface area contributed by atoms with Crippen LogP contribution >= 0.6 is 0 Å². The minimum Gasteiger partial charge on any atom is -0.453 e. The van der Waals surface area contributed by atoms with Crippen LogP contribution in [-0.2, 0) is 19.1 Å². The van der Waals surface area contributed by atoms with Gasteiger partial charge in [0.1, 0.15) is 29.3 Å². The van der Waals surface area contributed by atoms with E-state index >= 15 is 0 Å². The van der Waals surface area contributed by atoms with Crippen LogP contribution in [0.1, 0.15) is 85.0 Å². The summed E-state index contributed by atoms with van der Waals surface area (Å²) in [5.74, 6) is 6.81. The average Bonchev–Trinajstić information content (AvgIpc) is 3.89. The molecule has 0 spiro atoms. The SMILES string of the molecule is C=C[C@@H](NC(=O)OC)C(=O)N1CCC[C@H]1c1ncc(-c2ccc(C#Cc3ccc(-c4cnc([C@@H]5CCCN5C(=O)[C@H](NC(=O)C5(O)CC5)c5ccccc5)[nH]4)cc3)cc2)[nH]1. The fourth-order valence-electron chi connectivity index (χ4n) is 7.84. The van der Waals surface area contributed by atoms with E-state index in [1.807, 2.05) is 78.9 Å². The highest BCUT2D eigenvalue weighted by Gasteiger charge is 2.49. The molecule has 5 aromatic rings. The summed E-state index contributed by atoms with van der Waals surface area (Å²) in [5.41, 5.74) is 4.43. The molecule has 2 aliphatic heterocycles. The maximum atomic E-state index is 14.0. The molecule has 0 unspecified atom stereocenters. The first-order valence-electron chi connectivity index (χ1n) is 20.1. The van der Waals surface area contributed by atoms with Crippen molar-refractivity contribution in [3.8, 4) is 34.4 Å². The molecule has 60 heavy (non-hydrogen) atoms. The molecule has 3 aliphatic rings. The molecule has 3 aromatic carbocycles. The highest BCUT2D eigenvalue weighted by molar-refractivity contribution is 5.94. The highest BCUT2D eigenvalue weighted by atomic mass is 16.5. The zero-order chi connectivity index (χ0) is 41.8. The molecular weight excluding hydrogens is 761 g/mol. The van der Waals surface area contributed by atoms with Gasteiger partial charge in [-0.2, -0.15) is 0 Å². The first-order valence-corrected chi connectivity index (χ1v) is 20.1. The molecule has 2 aromatic heterocycles. The van der Waals surface area contributed by atoms with Crippen molar-refractivity contribution >= 4 is 23.8 Å². The predicted octanol–water partition coefficient (Wildman–Crippen LogP) is 5.49. The Kier molecular flexibility index (Phi) is 11.3. The average molecular weight is 807 g/mol. The Bertz CT molecular complexity index is 2440. The molecule has 1 saturated carbocycles. The van der Waals surface area contributed by atoms with Crippen LogP contribution in [0.5, 0.6) is 0 Å². The van der Waals surface area contributed by atoms with Gasteiger partial charge in [0.15, 0.2) is 0 Å². The van der Waals surface area contributed by atoms with Crippen molar-refractivity contribution in [3.05, 3.63) is 132 Å². The van der Waals surface area contributed by atoms with E-state index < -0.39 is 29.7 Å². The molecule has 8 rings (SSSR count). The van der Waals surface area contributed by atoms with Gasteiger partial charge in [0.2, 0.25) is 11.8 Å². The van der Waals surface area contributed by atoms with E-state index in [0.717, 1.165) is 59.3 Å². The van der Waals surface area contributed by atoms with Crippen molar-refractivity contribution in [1.82, 2.24) is 40.4 Å². The minimum absolute atomic E-state index is 0.233. The third-order valence-corrected chi connectivity index (χ3v) is 11.4. The van der Waals surface area contributed by atoms with Gasteiger partial charge < -0.3 is 40.2 Å². The van der Waals surface area contributed by atoms with Gasteiger partial charge in [-0.1, -0.05) is 72.5 Å². The Morgan fingerprint density at radius 1 is 0.800 bits per heavy atom. The second-order valence-electron chi connectivity index (χ2n) is 15.3. The van der Waals surface area contributed by atoms with E-state index in [-0.39, 0.29) is 23.9 Å². The number of rotatable bonds is 11. The van der Waals surface area contributed by atoms with Crippen molar-refractivity contribution in [1.29, 1.82) is 0 Å². The number of carbonyl (C=O) groups is 4. The lowest BCUT2D eigenvalue weighted by molar-refractivity contribution is -0.140. The van der Waals surface area contributed by atoms with Crippen LogP contribution < -0.4 is 10.6 Å². The lowest BCUT2D eigenvalue weighted by Gasteiger charge is -2.29. The monoisotopic (exact) mass is 806 g/mol. The van der Waals surface area contributed by atoms with Gasteiger partial charge in [-0.05, 0) is 79.5 Å². The van der Waals surface area contributed by atoms with Gasteiger partial charge in [0, 0.05) is 24.2 Å². The molecule has 5 N–H and O–H groups in total. The molecule has 4 amide bonds. The molecule has 4 atom stereocenters. The summed E-state index contributed by atoms with van der Waals surface area (Å²) >= 11 is 0. The van der Waals surface area contributed by atoms with E-state index in [0.29, 0.717) is 43.1 Å². The van der Waals surface area contributed by atoms with Gasteiger partial charge in [0.25, 0.3) is 5.91 Å². The molecule has 0 bridgehead atoms. The largest absolute Gasteiger partial charge is 0.453 e. The normalized spacial score (nSPS) is 18.8. The molecule has 4 heterocycles. The number of aromatic nitrogens is 4. The Morgan fingerprint density at radius 2 is 1.32 bits per heavy atom. The molecule has 14 heteroatoms. The second kappa shape index (κ2) is 17.1. The number of methoxy groups -OCH3 is 1. The van der Waals surface area contributed by atoms with Gasteiger partial charge in [-0.15, -0.1) is 6.58 Å². The maximum Gasteiger partial charge on any atom is 0.407 e. The van der Waals surface area contributed by atoms with E-state index in [2.05, 4.69) is 53.7 Å². The van der Waals surface area contributed by atoms with Crippen LogP contribution in [0.2, 0.25) is 0 Å². The summed E-state index contributed by atoms with van der Waals surface area (Å²) in [6.45, 7) is 4.77.